The molecule has 2 fully saturated rings. The highest BCUT2D eigenvalue weighted by Crippen LogP contribution is 2.36. The Kier molecular flexibility index (Phi) is 4.39. The molecule has 1 aliphatic carbocycles. The second-order valence-corrected chi connectivity index (χ2v) is 7.02. The van der Waals surface area contributed by atoms with E-state index in [2.05, 4.69) is 5.32 Å². The van der Waals surface area contributed by atoms with Crippen molar-refractivity contribution in [2.24, 2.45) is 17.6 Å². The second-order valence-electron chi connectivity index (χ2n) is 7.02. The molecule has 2 aliphatic rings. The summed E-state index contributed by atoms with van der Waals surface area (Å²) in [5, 5.41) is 2.75. The Morgan fingerprint density at radius 2 is 1.87 bits per heavy atom. The van der Waals surface area contributed by atoms with Crippen molar-refractivity contribution in [3.63, 3.8) is 0 Å². The maximum Gasteiger partial charge on any atom is 0.251 e. The molecule has 0 radical (unpaired) electrons. The Hall–Kier alpha value is -1.88. The van der Waals surface area contributed by atoms with E-state index in [0.717, 1.165) is 37.1 Å². The highest BCUT2D eigenvalue weighted by molar-refractivity contribution is 5.96. The van der Waals surface area contributed by atoms with Crippen LogP contribution in [0.25, 0.3) is 0 Å². The van der Waals surface area contributed by atoms with Crippen LogP contribution in [0.15, 0.2) is 18.2 Å². The first-order valence-electron chi connectivity index (χ1n) is 8.34. The van der Waals surface area contributed by atoms with Crippen molar-refractivity contribution in [1.82, 2.24) is 10.2 Å². The van der Waals surface area contributed by atoms with Gasteiger partial charge >= 0.3 is 0 Å². The van der Waals surface area contributed by atoms with Gasteiger partial charge in [0.15, 0.2) is 0 Å². The number of fused-ring (bicyclic) bond motifs is 1. The number of nitrogens with one attached hydrogen (secondary N) is 1. The number of nitrogens with zero attached hydrogens (tertiary/aromatic N) is 1. The van der Waals surface area contributed by atoms with Crippen molar-refractivity contribution in [3.05, 3.63) is 34.9 Å². The molecule has 3 N–H and O–H groups in total. The summed E-state index contributed by atoms with van der Waals surface area (Å²) in [4.78, 5) is 26.4. The average molecular weight is 315 g/mol. The summed E-state index contributed by atoms with van der Waals surface area (Å²) in [5.41, 5.74) is 8.80. The molecule has 1 heterocycles. The number of hydrogen-bond donors (Lipinski definition) is 2. The van der Waals surface area contributed by atoms with Gasteiger partial charge in [-0.25, -0.2) is 0 Å². The quantitative estimate of drug-likeness (QED) is 0.881. The molecule has 3 rings (SSSR count). The first-order valence-corrected chi connectivity index (χ1v) is 8.34. The highest BCUT2D eigenvalue weighted by Gasteiger charge is 2.42. The number of aryl methyl sites for hydroxylation is 2. The van der Waals surface area contributed by atoms with E-state index in [1.807, 2.05) is 36.9 Å². The summed E-state index contributed by atoms with van der Waals surface area (Å²) in [5.74, 6) is 0.781. The van der Waals surface area contributed by atoms with Gasteiger partial charge in [-0.15, -0.1) is 0 Å². The Labute approximate surface area is 137 Å². The Bertz CT molecular complexity index is 608. The zero-order valence-electron chi connectivity index (χ0n) is 13.8. The minimum absolute atomic E-state index is 0.00988. The van der Waals surface area contributed by atoms with E-state index in [4.69, 9.17) is 5.73 Å². The van der Waals surface area contributed by atoms with Gasteiger partial charge in [0.25, 0.3) is 5.91 Å². The third kappa shape index (κ3) is 3.39. The number of nitrogens with two attached hydrogens (primary N) is 1. The molecular formula is C18H25N3O2. The average Bonchev–Trinajstić information content (AvgIpc) is 3.06. The van der Waals surface area contributed by atoms with Crippen LogP contribution >= 0.6 is 0 Å². The minimum Gasteiger partial charge on any atom is -0.343 e. The van der Waals surface area contributed by atoms with Crippen LogP contribution in [0.2, 0.25) is 0 Å². The van der Waals surface area contributed by atoms with Gasteiger partial charge in [-0.05, 0) is 50.7 Å². The first kappa shape index (κ1) is 16.0. The predicted octanol–water partition coefficient (Wildman–Crippen LogP) is 1.23. The smallest absolute Gasteiger partial charge is 0.251 e. The standard InChI is InChI=1S/C18H25N3O2/c1-11-5-12(2)7-14(6-11)18(23)20-8-17(22)21-9-13-3-4-16(19)15(13)10-21/h5-7,13,15-16H,3-4,8-10,19H2,1-2H3,(H,20,23). The monoisotopic (exact) mass is 315 g/mol. The molecule has 1 saturated carbocycles. The third-order valence-electron chi connectivity index (χ3n) is 5.15. The zero-order chi connectivity index (χ0) is 16.6. The molecule has 1 aromatic carbocycles. The molecule has 5 nitrogen and oxygen atoms in total. The number of amides is 2. The van der Waals surface area contributed by atoms with Crippen LogP contribution in [0, 0.1) is 25.7 Å². The highest BCUT2D eigenvalue weighted by atomic mass is 16.2. The van der Waals surface area contributed by atoms with Crippen molar-refractivity contribution < 1.29 is 9.59 Å². The van der Waals surface area contributed by atoms with Crippen LogP contribution in [0.5, 0.6) is 0 Å². The Balaban J connectivity index is 1.54. The van der Waals surface area contributed by atoms with E-state index in [1.165, 1.54) is 0 Å². The number of likely N-dealkylation sites (tertiary alicyclic amines) is 1. The Morgan fingerprint density at radius 1 is 1.17 bits per heavy atom. The molecule has 1 saturated heterocycles. The SMILES string of the molecule is Cc1cc(C)cc(C(=O)NCC(=O)N2CC3CCC(N)C3C2)c1. The summed E-state index contributed by atoms with van der Waals surface area (Å²) in [7, 11) is 0. The minimum atomic E-state index is -0.193. The maximum absolute atomic E-state index is 12.3. The summed E-state index contributed by atoms with van der Waals surface area (Å²) in [6.45, 7) is 5.50. The molecule has 0 bridgehead atoms. The summed E-state index contributed by atoms with van der Waals surface area (Å²) in [6, 6.07) is 5.93. The molecule has 3 unspecified atom stereocenters. The zero-order valence-corrected chi connectivity index (χ0v) is 13.8. The first-order chi connectivity index (χ1) is 10.9. The van der Waals surface area contributed by atoms with Gasteiger partial charge in [0.2, 0.25) is 5.91 Å². The van der Waals surface area contributed by atoms with Gasteiger partial charge in [0.1, 0.15) is 0 Å². The lowest BCUT2D eigenvalue weighted by atomic mass is 9.98. The second kappa shape index (κ2) is 6.32. The number of carbonyl (C=O) groups excluding carboxylic acids is 2. The van der Waals surface area contributed by atoms with E-state index in [0.29, 0.717) is 17.4 Å². The molecule has 2 amide bonds. The molecule has 5 heteroatoms. The predicted molar refractivity (Wildman–Crippen MR) is 89.0 cm³/mol. The van der Waals surface area contributed by atoms with E-state index < -0.39 is 0 Å². The van der Waals surface area contributed by atoms with Gasteiger partial charge in [0, 0.05) is 24.7 Å². The van der Waals surface area contributed by atoms with Crippen LogP contribution in [0.3, 0.4) is 0 Å². The van der Waals surface area contributed by atoms with Crippen LogP contribution < -0.4 is 11.1 Å². The van der Waals surface area contributed by atoms with Crippen molar-refractivity contribution in [3.8, 4) is 0 Å². The molecule has 0 spiro atoms. The van der Waals surface area contributed by atoms with Gasteiger partial charge < -0.3 is 16.0 Å². The molecule has 1 aromatic rings. The van der Waals surface area contributed by atoms with Crippen LogP contribution in [-0.2, 0) is 4.79 Å². The maximum atomic E-state index is 12.3. The number of rotatable bonds is 3. The lowest BCUT2D eigenvalue weighted by Crippen LogP contribution is -2.40. The van der Waals surface area contributed by atoms with Gasteiger partial charge in [-0.3, -0.25) is 9.59 Å². The van der Waals surface area contributed by atoms with Crippen molar-refractivity contribution in [2.45, 2.75) is 32.7 Å². The van der Waals surface area contributed by atoms with E-state index in [9.17, 15) is 9.59 Å². The Morgan fingerprint density at radius 3 is 2.52 bits per heavy atom. The van der Waals surface area contributed by atoms with E-state index in [1.54, 1.807) is 0 Å². The fourth-order valence-electron chi connectivity index (χ4n) is 3.99. The third-order valence-corrected chi connectivity index (χ3v) is 5.15. The molecular weight excluding hydrogens is 290 g/mol. The lowest BCUT2D eigenvalue weighted by Gasteiger charge is -2.19. The summed E-state index contributed by atoms with van der Waals surface area (Å²) >= 11 is 0. The molecule has 124 valence electrons. The molecule has 3 atom stereocenters. The normalized spacial score (nSPS) is 26.2. The number of benzene rings is 1. The van der Waals surface area contributed by atoms with Crippen LogP contribution in [0.4, 0.5) is 0 Å². The van der Waals surface area contributed by atoms with Gasteiger partial charge in [0.05, 0.1) is 6.54 Å². The largest absolute Gasteiger partial charge is 0.343 e. The summed E-state index contributed by atoms with van der Waals surface area (Å²) < 4.78 is 0. The number of hydrogen-bond acceptors (Lipinski definition) is 3. The molecule has 0 aromatic heterocycles. The molecule has 1 aliphatic heterocycles. The van der Waals surface area contributed by atoms with Gasteiger partial charge in [-0.2, -0.15) is 0 Å². The molecule has 23 heavy (non-hydrogen) atoms. The van der Waals surface area contributed by atoms with Crippen molar-refractivity contribution in [2.75, 3.05) is 19.6 Å². The van der Waals surface area contributed by atoms with E-state index in [-0.39, 0.29) is 24.4 Å². The topological polar surface area (TPSA) is 75.4 Å². The fourth-order valence-corrected chi connectivity index (χ4v) is 3.99. The lowest BCUT2D eigenvalue weighted by molar-refractivity contribution is -0.129. The number of carbonyl (C=O) groups is 2. The van der Waals surface area contributed by atoms with Crippen LogP contribution in [0.1, 0.15) is 34.3 Å². The van der Waals surface area contributed by atoms with Crippen molar-refractivity contribution >= 4 is 11.8 Å². The van der Waals surface area contributed by atoms with E-state index >= 15 is 0 Å². The van der Waals surface area contributed by atoms with Gasteiger partial charge in [-0.1, -0.05) is 17.2 Å². The van der Waals surface area contributed by atoms with Crippen LogP contribution in [-0.4, -0.2) is 42.4 Å². The summed E-state index contributed by atoms with van der Waals surface area (Å²) in [6.07, 6.45) is 2.19. The fraction of sp³-hybridized carbons (Fsp3) is 0.556. The van der Waals surface area contributed by atoms with Crippen molar-refractivity contribution in [1.29, 1.82) is 0 Å².